The van der Waals surface area contributed by atoms with Gasteiger partial charge in [0.25, 0.3) is 0 Å². The number of nitrogens with two attached hydrogens (primary N) is 1. The van der Waals surface area contributed by atoms with Crippen molar-refractivity contribution in [3.05, 3.63) is 35.4 Å². The van der Waals surface area contributed by atoms with Crippen molar-refractivity contribution in [2.24, 2.45) is 11.7 Å². The third kappa shape index (κ3) is 3.11. The van der Waals surface area contributed by atoms with Crippen molar-refractivity contribution in [3.63, 3.8) is 0 Å². The van der Waals surface area contributed by atoms with Gasteiger partial charge in [-0.3, -0.25) is 0 Å². The Kier molecular flexibility index (Phi) is 4.85. The second kappa shape index (κ2) is 6.41. The predicted octanol–water partition coefficient (Wildman–Crippen LogP) is 1.72. The van der Waals surface area contributed by atoms with Crippen molar-refractivity contribution in [3.8, 4) is 0 Å². The molecule has 106 valence electrons. The van der Waals surface area contributed by atoms with Crippen molar-refractivity contribution >= 4 is 0 Å². The standard InChI is InChI=1S/C14H20F2N2O/c15-11-5-2-4-10(14(11)16)13(7-17)18-12-6-1-3-9(12)8-19/h2,4-5,9,12-13,18-19H,1,3,6-8,17H2. The molecule has 0 saturated heterocycles. The van der Waals surface area contributed by atoms with Crippen molar-refractivity contribution in [2.45, 2.75) is 31.3 Å². The molecule has 0 radical (unpaired) electrons. The minimum atomic E-state index is -0.858. The Balaban J connectivity index is 2.14. The van der Waals surface area contributed by atoms with Gasteiger partial charge in [0.1, 0.15) is 0 Å². The second-order valence-electron chi connectivity index (χ2n) is 5.08. The highest BCUT2D eigenvalue weighted by Crippen LogP contribution is 2.28. The molecule has 1 saturated carbocycles. The van der Waals surface area contributed by atoms with Crippen LogP contribution in [0.5, 0.6) is 0 Å². The molecular weight excluding hydrogens is 250 g/mol. The van der Waals surface area contributed by atoms with Gasteiger partial charge >= 0.3 is 0 Å². The highest BCUT2D eigenvalue weighted by molar-refractivity contribution is 5.23. The van der Waals surface area contributed by atoms with Crippen LogP contribution in [-0.2, 0) is 0 Å². The van der Waals surface area contributed by atoms with Crippen LogP contribution in [0.1, 0.15) is 30.9 Å². The fraction of sp³-hybridized carbons (Fsp3) is 0.571. The molecule has 1 fully saturated rings. The number of hydrogen-bond acceptors (Lipinski definition) is 3. The van der Waals surface area contributed by atoms with Gasteiger partial charge in [-0.1, -0.05) is 18.6 Å². The summed E-state index contributed by atoms with van der Waals surface area (Å²) in [6, 6.07) is 3.81. The molecule has 1 aromatic rings. The summed E-state index contributed by atoms with van der Waals surface area (Å²) in [4.78, 5) is 0. The van der Waals surface area contributed by atoms with E-state index in [9.17, 15) is 13.9 Å². The van der Waals surface area contributed by atoms with Gasteiger partial charge in [0.15, 0.2) is 11.6 Å². The first kappa shape index (κ1) is 14.4. The molecule has 0 heterocycles. The monoisotopic (exact) mass is 270 g/mol. The van der Waals surface area contributed by atoms with Gasteiger partial charge in [-0.2, -0.15) is 0 Å². The lowest BCUT2D eigenvalue weighted by atomic mass is 10.0. The molecule has 0 bridgehead atoms. The molecule has 3 nitrogen and oxygen atoms in total. The summed E-state index contributed by atoms with van der Waals surface area (Å²) in [6.07, 6.45) is 2.92. The van der Waals surface area contributed by atoms with Crippen LogP contribution in [0, 0.1) is 17.6 Å². The Morgan fingerprint density at radius 3 is 2.84 bits per heavy atom. The molecule has 0 aliphatic heterocycles. The molecule has 19 heavy (non-hydrogen) atoms. The van der Waals surface area contributed by atoms with Crippen LogP contribution < -0.4 is 11.1 Å². The van der Waals surface area contributed by atoms with E-state index in [1.165, 1.54) is 6.07 Å². The molecule has 1 aromatic carbocycles. The molecule has 0 aromatic heterocycles. The Bertz CT molecular complexity index is 428. The lowest BCUT2D eigenvalue weighted by Gasteiger charge is -2.26. The molecule has 0 amide bonds. The molecule has 2 rings (SSSR count). The lowest BCUT2D eigenvalue weighted by molar-refractivity contribution is 0.199. The molecule has 3 unspecified atom stereocenters. The van der Waals surface area contributed by atoms with Crippen LogP contribution in [0.4, 0.5) is 8.78 Å². The van der Waals surface area contributed by atoms with Crippen LogP contribution in [0.3, 0.4) is 0 Å². The van der Waals surface area contributed by atoms with E-state index in [0.717, 1.165) is 25.3 Å². The highest BCUT2D eigenvalue weighted by atomic mass is 19.2. The van der Waals surface area contributed by atoms with E-state index in [4.69, 9.17) is 5.73 Å². The van der Waals surface area contributed by atoms with E-state index in [2.05, 4.69) is 5.32 Å². The first-order valence-electron chi connectivity index (χ1n) is 6.68. The summed E-state index contributed by atoms with van der Waals surface area (Å²) >= 11 is 0. The van der Waals surface area contributed by atoms with Crippen LogP contribution in [0.2, 0.25) is 0 Å². The van der Waals surface area contributed by atoms with E-state index in [0.29, 0.717) is 0 Å². The SMILES string of the molecule is NCC(NC1CCCC1CO)c1cccc(F)c1F. The zero-order valence-electron chi connectivity index (χ0n) is 10.8. The molecule has 1 aliphatic carbocycles. The van der Waals surface area contributed by atoms with Crippen molar-refractivity contribution in [2.75, 3.05) is 13.2 Å². The van der Waals surface area contributed by atoms with Crippen molar-refractivity contribution in [1.82, 2.24) is 5.32 Å². The third-order valence-electron chi connectivity index (χ3n) is 3.90. The summed E-state index contributed by atoms with van der Waals surface area (Å²) < 4.78 is 27.0. The van der Waals surface area contributed by atoms with Crippen LogP contribution in [-0.4, -0.2) is 24.3 Å². The maximum Gasteiger partial charge on any atom is 0.163 e. The number of benzene rings is 1. The molecule has 0 spiro atoms. The quantitative estimate of drug-likeness (QED) is 0.763. The maximum atomic E-state index is 13.8. The van der Waals surface area contributed by atoms with E-state index in [1.54, 1.807) is 6.07 Å². The summed E-state index contributed by atoms with van der Waals surface area (Å²) in [6.45, 7) is 0.301. The van der Waals surface area contributed by atoms with E-state index >= 15 is 0 Å². The second-order valence-corrected chi connectivity index (χ2v) is 5.08. The fourth-order valence-corrected chi connectivity index (χ4v) is 2.81. The highest BCUT2D eigenvalue weighted by Gasteiger charge is 2.29. The van der Waals surface area contributed by atoms with Gasteiger partial charge in [-0.05, 0) is 24.8 Å². The lowest BCUT2D eigenvalue weighted by Crippen LogP contribution is -2.40. The number of rotatable bonds is 5. The molecule has 4 N–H and O–H groups in total. The van der Waals surface area contributed by atoms with E-state index < -0.39 is 17.7 Å². The van der Waals surface area contributed by atoms with Gasteiger partial charge in [-0.15, -0.1) is 0 Å². The van der Waals surface area contributed by atoms with Gasteiger partial charge in [-0.25, -0.2) is 8.78 Å². The summed E-state index contributed by atoms with van der Waals surface area (Å²) in [7, 11) is 0. The minimum absolute atomic E-state index is 0.112. The number of halogens is 2. The number of hydrogen-bond donors (Lipinski definition) is 3. The number of nitrogens with one attached hydrogen (secondary N) is 1. The normalized spacial score (nSPS) is 24.6. The predicted molar refractivity (Wildman–Crippen MR) is 69.5 cm³/mol. The van der Waals surface area contributed by atoms with E-state index in [1.807, 2.05) is 0 Å². The van der Waals surface area contributed by atoms with Gasteiger partial charge < -0.3 is 16.2 Å². The Morgan fingerprint density at radius 1 is 1.37 bits per heavy atom. The maximum absolute atomic E-state index is 13.8. The zero-order valence-corrected chi connectivity index (χ0v) is 10.8. The molecule has 3 atom stereocenters. The van der Waals surface area contributed by atoms with Gasteiger partial charge in [0.2, 0.25) is 0 Å². The van der Waals surface area contributed by atoms with Crippen LogP contribution in [0.25, 0.3) is 0 Å². The molecular formula is C14H20F2N2O. The fourth-order valence-electron chi connectivity index (χ4n) is 2.81. The van der Waals surface area contributed by atoms with E-state index in [-0.39, 0.29) is 30.7 Å². The molecule has 5 heteroatoms. The minimum Gasteiger partial charge on any atom is -0.396 e. The Labute approximate surface area is 111 Å². The average Bonchev–Trinajstić information content (AvgIpc) is 2.87. The Hall–Kier alpha value is -1.04. The number of aliphatic hydroxyl groups excluding tert-OH is 1. The summed E-state index contributed by atoms with van der Waals surface area (Å²) in [5.74, 6) is -1.53. The first-order chi connectivity index (χ1) is 9.17. The smallest absolute Gasteiger partial charge is 0.163 e. The summed E-state index contributed by atoms with van der Waals surface area (Å²) in [5.41, 5.74) is 5.93. The topological polar surface area (TPSA) is 58.3 Å². The van der Waals surface area contributed by atoms with Crippen molar-refractivity contribution < 1.29 is 13.9 Å². The van der Waals surface area contributed by atoms with Crippen LogP contribution >= 0.6 is 0 Å². The van der Waals surface area contributed by atoms with Gasteiger partial charge in [0, 0.05) is 30.8 Å². The van der Waals surface area contributed by atoms with Crippen LogP contribution in [0.15, 0.2) is 18.2 Å². The molecule has 1 aliphatic rings. The largest absolute Gasteiger partial charge is 0.396 e. The zero-order chi connectivity index (χ0) is 13.8. The Morgan fingerprint density at radius 2 is 2.16 bits per heavy atom. The first-order valence-corrected chi connectivity index (χ1v) is 6.68. The van der Waals surface area contributed by atoms with Gasteiger partial charge in [0.05, 0.1) is 0 Å². The average molecular weight is 270 g/mol. The third-order valence-corrected chi connectivity index (χ3v) is 3.90. The summed E-state index contributed by atoms with van der Waals surface area (Å²) in [5, 5.41) is 12.5. The van der Waals surface area contributed by atoms with Crippen molar-refractivity contribution in [1.29, 1.82) is 0 Å². The number of aliphatic hydroxyl groups is 1.